The summed E-state index contributed by atoms with van der Waals surface area (Å²) >= 11 is 0. The Labute approximate surface area is 237 Å². The van der Waals surface area contributed by atoms with Crippen molar-refractivity contribution < 1.29 is 13.5 Å². The molecule has 0 aliphatic carbocycles. The van der Waals surface area contributed by atoms with Crippen LogP contribution in [0.2, 0.25) is 0 Å². The molecule has 0 amide bonds. The minimum Gasteiger partial charge on any atom is -0.497 e. The van der Waals surface area contributed by atoms with Crippen LogP contribution in [-0.2, 0) is 6.54 Å². The average molecular weight is 567 g/mol. The Kier molecular flexibility index (Phi) is 6.91. The Hall–Kier alpha value is -5.45. The normalized spacial score (nSPS) is 12.0. The lowest BCUT2D eigenvalue weighted by atomic mass is 10.2. The number of hydrogen-bond donors (Lipinski definition) is 1. The lowest BCUT2D eigenvalue weighted by Crippen LogP contribution is -2.28. The van der Waals surface area contributed by atoms with Gasteiger partial charge in [0.05, 0.1) is 29.7 Å². The predicted molar refractivity (Wildman–Crippen MR) is 155 cm³/mol. The number of rotatable bonds is 7. The molecule has 6 aromatic rings. The molecular weight excluding hydrogens is 542 g/mol. The van der Waals surface area contributed by atoms with Crippen LogP contribution in [0.3, 0.4) is 0 Å². The summed E-state index contributed by atoms with van der Waals surface area (Å²) in [6.45, 7) is 2.17. The van der Waals surface area contributed by atoms with Gasteiger partial charge in [-0.05, 0) is 61.0 Å². The molecule has 0 radical (unpaired) electrons. The van der Waals surface area contributed by atoms with E-state index in [1.54, 1.807) is 26.3 Å². The van der Waals surface area contributed by atoms with Crippen molar-refractivity contribution in [3.8, 4) is 11.4 Å². The highest BCUT2D eigenvalue weighted by atomic mass is 19.1. The molecule has 42 heavy (non-hydrogen) atoms. The highest BCUT2D eigenvalue weighted by molar-refractivity contribution is 5.86. The van der Waals surface area contributed by atoms with Gasteiger partial charge in [0.15, 0.2) is 5.43 Å². The molecule has 3 aromatic heterocycles. The lowest BCUT2D eigenvalue weighted by molar-refractivity contribution is 0.414. The van der Waals surface area contributed by atoms with Crippen molar-refractivity contribution in [1.82, 2.24) is 24.1 Å². The smallest absolute Gasteiger partial charge is 0.266 e. The number of nitrogens with zero attached hydrogens (tertiary/aromatic N) is 5. The maximum absolute atomic E-state index is 14.2. The third kappa shape index (κ3) is 4.96. The van der Waals surface area contributed by atoms with Crippen LogP contribution < -0.4 is 21.0 Å². The number of fused-ring (bicyclic) bond motifs is 2. The summed E-state index contributed by atoms with van der Waals surface area (Å²) in [6.07, 6.45) is 3.01. The van der Waals surface area contributed by atoms with Crippen LogP contribution in [0.1, 0.15) is 24.4 Å². The van der Waals surface area contributed by atoms with Crippen molar-refractivity contribution in [3.05, 3.63) is 129 Å². The van der Waals surface area contributed by atoms with Crippen LogP contribution in [0.25, 0.3) is 27.6 Å². The number of aromatic nitrogens is 5. The number of benzene rings is 3. The monoisotopic (exact) mass is 566 g/mol. The van der Waals surface area contributed by atoms with Crippen LogP contribution in [0.5, 0.6) is 5.75 Å². The highest BCUT2D eigenvalue weighted by Gasteiger charge is 2.21. The fourth-order valence-electron chi connectivity index (χ4n) is 4.90. The number of hydrogen-bond acceptors (Lipinski definition) is 7. The van der Waals surface area contributed by atoms with Crippen molar-refractivity contribution in [2.45, 2.75) is 19.5 Å². The van der Waals surface area contributed by atoms with E-state index in [1.165, 1.54) is 47.3 Å². The van der Waals surface area contributed by atoms with E-state index in [4.69, 9.17) is 4.74 Å². The molecule has 0 saturated carbocycles. The number of nitrogens with one attached hydrogen (secondary N) is 1. The fourth-order valence-corrected chi connectivity index (χ4v) is 4.90. The largest absolute Gasteiger partial charge is 0.497 e. The van der Waals surface area contributed by atoms with Gasteiger partial charge in [-0.15, -0.1) is 0 Å². The molecule has 0 spiro atoms. The van der Waals surface area contributed by atoms with E-state index in [9.17, 15) is 18.4 Å². The summed E-state index contributed by atoms with van der Waals surface area (Å²) in [5, 5.41) is 3.50. The summed E-state index contributed by atoms with van der Waals surface area (Å²) in [7, 11) is 1.60. The molecule has 6 rings (SSSR count). The van der Waals surface area contributed by atoms with Gasteiger partial charge in [-0.1, -0.05) is 18.2 Å². The first-order valence-corrected chi connectivity index (χ1v) is 13.0. The number of ether oxygens (including phenoxy) is 1. The Bertz CT molecular complexity index is 2080. The number of pyridine rings is 1. The highest BCUT2D eigenvalue weighted by Crippen LogP contribution is 2.25. The summed E-state index contributed by atoms with van der Waals surface area (Å²) < 4.78 is 36.6. The number of anilines is 1. The van der Waals surface area contributed by atoms with E-state index in [-0.39, 0.29) is 39.0 Å². The van der Waals surface area contributed by atoms with Gasteiger partial charge in [-0.25, -0.2) is 23.7 Å². The topological polar surface area (TPSA) is 104 Å². The third-order valence-electron chi connectivity index (χ3n) is 6.93. The van der Waals surface area contributed by atoms with Gasteiger partial charge >= 0.3 is 0 Å². The maximum atomic E-state index is 14.2. The standard InChI is InChI=1S/C31H24F2N6O3/c1-18(29-37-25-11-8-21(33)15-24(25)31(41)39(29)22-5-3-4-20(32)14-22)36-28-27-26(40)12-13-38(30(27)35-17-34-28)16-19-6-9-23(42-2)10-7-19/h3-15,17-18H,16H2,1-2H3,(H,34,35,36). The van der Waals surface area contributed by atoms with Crippen LogP contribution >= 0.6 is 0 Å². The van der Waals surface area contributed by atoms with E-state index >= 15 is 0 Å². The van der Waals surface area contributed by atoms with E-state index in [1.807, 2.05) is 28.8 Å². The van der Waals surface area contributed by atoms with E-state index < -0.39 is 23.2 Å². The van der Waals surface area contributed by atoms with Crippen molar-refractivity contribution in [2.75, 3.05) is 12.4 Å². The first-order chi connectivity index (χ1) is 20.3. The van der Waals surface area contributed by atoms with Crippen LogP contribution in [0, 0.1) is 11.6 Å². The number of methoxy groups -OCH3 is 1. The van der Waals surface area contributed by atoms with Gasteiger partial charge in [-0.2, -0.15) is 0 Å². The van der Waals surface area contributed by atoms with Crippen LogP contribution in [-0.4, -0.2) is 31.2 Å². The van der Waals surface area contributed by atoms with Gasteiger partial charge in [0.1, 0.15) is 46.4 Å². The molecule has 0 aliphatic heterocycles. The Balaban J connectivity index is 1.45. The summed E-state index contributed by atoms with van der Waals surface area (Å²) in [5.41, 5.74) is 1.01. The molecule has 0 aliphatic rings. The van der Waals surface area contributed by atoms with Crippen LogP contribution in [0.15, 0.2) is 94.9 Å². The first-order valence-electron chi connectivity index (χ1n) is 13.0. The Morgan fingerprint density at radius 3 is 2.50 bits per heavy atom. The molecule has 0 saturated heterocycles. The second kappa shape index (κ2) is 10.8. The zero-order valence-corrected chi connectivity index (χ0v) is 22.6. The fraction of sp³-hybridized carbons (Fsp3) is 0.129. The average Bonchev–Trinajstić information content (AvgIpc) is 2.99. The maximum Gasteiger partial charge on any atom is 0.266 e. The minimum atomic E-state index is -0.705. The third-order valence-corrected chi connectivity index (χ3v) is 6.93. The van der Waals surface area contributed by atoms with Crippen molar-refractivity contribution in [1.29, 1.82) is 0 Å². The van der Waals surface area contributed by atoms with E-state index in [0.29, 0.717) is 12.2 Å². The molecule has 1 atom stereocenters. The predicted octanol–water partition coefficient (Wildman–Crippen LogP) is 5.00. The van der Waals surface area contributed by atoms with Gasteiger partial charge in [-0.3, -0.25) is 14.2 Å². The Morgan fingerprint density at radius 1 is 0.952 bits per heavy atom. The van der Waals surface area contributed by atoms with Gasteiger partial charge in [0, 0.05) is 18.8 Å². The summed E-state index contributed by atoms with van der Waals surface area (Å²) in [4.78, 5) is 40.1. The zero-order valence-electron chi connectivity index (χ0n) is 22.6. The molecule has 3 heterocycles. The molecule has 210 valence electrons. The van der Waals surface area contributed by atoms with E-state index in [0.717, 1.165) is 17.4 Å². The summed E-state index contributed by atoms with van der Waals surface area (Å²) in [5.74, 6) is 0.0382. The molecule has 1 N–H and O–H groups in total. The number of halogens is 2. The van der Waals surface area contributed by atoms with Crippen LogP contribution in [0.4, 0.5) is 14.6 Å². The zero-order chi connectivity index (χ0) is 29.4. The molecule has 0 fully saturated rings. The Morgan fingerprint density at radius 2 is 1.74 bits per heavy atom. The van der Waals surface area contributed by atoms with Crippen molar-refractivity contribution in [3.63, 3.8) is 0 Å². The first kappa shape index (κ1) is 26.8. The molecule has 9 nitrogen and oxygen atoms in total. The molecular formula is C31H24F2N6O3. The van der Waals surface area contributed by atoms with E-state index in [2.05, 4.69) is 20.3 Å². The van der Waals surface area contributed by atoms with Gasteiger partial charge in [0.2, 0.25) is 0 Å². The lowest BCUT2D eigenvalue weighted by Gasteiger charge is -2.21. The van der Waals surface area contributed by atoms with Gasteiger partial charge in [0.25, 0.3) is 5.56 Å². The SMILES string of the molecule is COc1ccc(Cn2ccc(=O)c3c(NC(C)c4nc5ccc(F)cc5c(=O)n4-c4cccc(F)c4)ncnc32)cc1. The van der Waals surface area contributed by atoms with Crippen molar-refractivity contribution >= 4 is 27.8 Å². The molecule has 1 unspecified atom stereocenters. The molecule has 0 bridgehead atoms. The molecule has 11 heteroatoms. The molecule has 3 aromatic carbocycles. The minimum absolute atomic E-state index is 0.0455. The van der Waals surface area contributed by atoms with Gasteiger partial charge < -0.3 is 14.6 Å². The quantitative estimate of drug-likeness (QED) is 0.290. The second-order valence-corrected chi connectivity index (χ2v) is 9.69. The summed E-state index contributed by atoms with van der Waals surface area (Å²) in [6, 6.07) is 17.5. The van der Waals surface area contributed by atoms with Crippen molar-refractivity contribution in [2.24, 2.45) is 0 Å². The second-order valence-electron chi connectivity index (χ2n) is 9.69.